The number of hydrogen-bond donors (Lipinski definition) is 0. The molecule has 0 saturated carbocycles. The van der Waals surface area contributed by atoms with E-state index in [2.05, 4.69) is 65.3 Å². The Kier molecular flexibility index (Phi) is 21.7. The predicted octanol–water partition coefficient (Wildman–Crippen LogP) is -2.57. The third-order valence-corrected chi connectivity index (χ3v) is 7.16. The van der Waals surface area contributed by atoms with Crippen LogP contribution in [0.5, 0.6) is 0 Å². The molecule has 0 saturated heterocycles. The van der Waals surface area contributed by atoms with Crippen LogP contribution >= 0.6 is 23.5 Å². The van der Waals surface area contributed by atoms with Crippen LogP contribution in [0.1, 0.15) is 27.7 Å². The van der Waals surface area contributed by atoms with Gasteiger partial charge in [0.2, 0.25) is 0 Å². The summed E-state index contributed by atoms with van der Waals surface area (Å²) in [4.78, 5) is 0. The first kappa shape index (κ1) is 28.9. The van der Waals surface area contributed by atoms with E-state index in [4.69, 9.17) is 0 Å². The number of halogens is 2. The highest BCUT2D eigenvalue weighted by molar-refractivity contribution is 8.02. The van der Waals surface area contributed by atoms with Crippen molar-refractivity contribution in [1.29, 1.82) is 0 Å². The summed E-state index contributed by atoms with van der Waals surface area (Å²) in [5.74, 6) is 5.27. The van der Waals surface area contributed by atoms with Gasteiger partial charge in [-0.2, -0.15) is 23.5 Å². The van der Waals surface area contributed by atoms with Crippen molar-refractivity contribution >= 4 is 23.5 Å². The van der Waals surface area contributed by atoms with Gasteiger partial charge in [0, 0.05) is 23.0 Å². The maximum absolute atomic E-state index is 2.38. The molecule has 2 nitrogen and oxygen atoms in total. The molecule has 22 heavy (non-hydrogen) atoms. The summed E-state index contributed by atoms with van der Waals surface area (Å²) in [6.45, 7) is 16.9. The third-order valence-electron chi connectivity index (χ3n) is 4.98. The molecule has 0 aliphatic heterocycles. The second-order valence-corrected chi connectivity index (χ2v) is 8.63. The van der Waals surface area contributed by atoms with Crippen LogP contribution in [0.15, 0.2) is 0 Å². The molecule has 0 amide bonds. The zero-order valence-electron chi connectivity index (χ0n) is 15.5. The molecular formula is C16H38I2N2S2. The molecule has 0 bridgehead atoms. The van der Waals surface area contributed by atoms with Crippen LogP contribution in [-0.2, 0) is 0 Å². The van der Waals surface area contributed by atoms with Crippen molar-refractivity contribution in [3.63, 3.8) is 0 Å². The van der Waals surface area contributed by atoms with E-state index in [1.807, 2.05) is 0 Å². The largest absolute Gasteiger partial charge is 1.00 e. The smallest absolute Gasteiger partial charge is 0.0876 e. The Morgan fingerprint density at radius 3 is 1.05 bits per heavy atom. The Hall–Kier alpha value is 2.08. The monoisotopic (exact) mass is 576 g/mol. The van der Waals surface area contributed by atoms with E-state index in [9.17, 15) is 0 Å². The summed E-state index contributed by atoms with van der Waals surface area (Å²) in [5.41, 5.74) is 0. The topological polar surface area (TPSA) is 0 Å². The van der Waals surface area contributed by atoms with E-state index in [1.54, 1.807) is 0 Å². The average molecular weight is 576 g/mol. The summed E-state index contributed by atoms with van der Waals surface area (Å²) in [6, 6.07) is 0. The molecule has 0 radical (unpaired) electrons. The van der Waals surface area contributed by atoms with Crippen molar-refractivity contribution < 1.29 is 56.9 Å². The van der Waals surface area contributed by atoms with Gasteiger partial charge >= 0.3 is 0 Å². The number of quaternary nitrogens is 2. The number of thioether (sulfide) groups is 2. The Morgan fingerprint density at radius 1 is 0.545 bits per heavy atom. The highest BCUT2D eigenvalue weighted by Crippen LogP contribution is 2.11. The Morgan fingerprint density at radius 2 is 0.818 bits per heavy atom. The Labute approximate surface area is 183 Å². The van der Waals surface area contributed by atoms with E-state index >= 15 is 0 Å². The molecule has 0 heterocycles. The quantitative estimate of drug-likeness (QED) is 0.135. The molecule has 0 N–H and O–H groups in total. The number of rotatable bonds is 13. The van der Waals surface area contributed by atoms with Gasteiger partial charge in [0.15, 0.2) is 0 Å². The van der Waals surface area contributed by atoms with Crippen LogP contribution in [0.2, 0.25) is 0 Å². The molecule has 6 heteroatoms. The van der Waals surface area contributed by atoms with Gasteiger partial charge in [0.05, 0.1) is 53.4 Å². The van der Waals surface area contributed by atoms with E-state index in [-0.39, 0.29) is 48.0 Å². The lowest BCUT2D eigenvalue weighted by atomic mass is 10.4. The van der Waals surface area contributed by atoms with E-state index in [0.29, 0.717) is 0 Å². The fourth-order valence-electron chi connectivity index (χ4n) is 1.97. The summed E-state index contributed by atoms with van der Waals surface area (Å²) in [5, 5.41) is 0. The average Bonchev–Trinajstić information content (AvgIpc) is 2.49. The van der Waals surface area contributed by atoms with Crippen LogP contribution in [0.3, 0.4) is 0 Å². The van der Waals surface area contributed by atoms with Gasteiger partial charge in [-0.25, -0.2) is 0 Å². The predicted molar refractivity (Wildman–Crippen MR) is 98.9 cm³/mol. The van der Waals surface area contributed by atoms with Crippen molar-refractivity contribution in [3.8, 4) is 0 Å². The molecule has 0 rings (SSSR count). The molecule has 0 spiro atoms. The zero-order chi connectivity index (χ0) is 15.5. The normalized spacial score (nSPS) is 11.7. The third kappa shape index (κ3) is 13.4. The molecule has 0 aliphatic rings. The summed E-state index contributed by atoms with van der Waals surface area (Å²) < 4.78 is 2.45. The van der Waals surface area contributed by atoms with Gasteiger partial charge in [-0.05, 0) is 27.7 Å². The van der Waals surface area contributed by atoms with Crippen LogP contribution in [-0.4, -0.2) is 85.3 Å². The van der Waals surface area contributed by atoms with Gasteiger partial charge in [0.25, 0.3) is 0 Å². The minimum Gasteiger partial charge on any atom is -1.00 e. The SMILES string of the molecule is CC[N+](C)(CC)CCSCCSCC[N+](C)(CC)CC.[I-].[I-]. The summed E-state index contributed by atoms with van der Waals surface area (Å²) >= 11 is 4.28. The fourth-order valence-corrected chi connectivity index (χ4v) is 4.46. The standard InChI is InChI=1S/C16H38N2S2.2HI/c1-7-17(5,8-2)11-13-19-15-16-20-14-12-18(6,9-3)10-4;;/h7-16H2,1-6H3;2*1H/q+2;;/p-2. The molecule has 0 aromatic heterocycles. The second-order valence-electron chi connectivity index (χ2n) is 6.18. The van der Waals surface area contributed by atoms with Crippen LogP contribution in [0.25, 0.3) is 0 Å². The fraction of sp³-hybridized carbons (Fsp3) is 1.00. The molecule has 0 aromatic rings. The first-order valence-electron chi connectivity index (χ1n) is 8.27. The Balaban J connectivity index is -0.00000180. The van der Waals surface area contributed by atoms with Crippen LogP contribution in [0, 0.1) is 0 Å². The van der Waals surface area contributed by atoms with Gasteiger partial charge < -0.3 is 56.9 Å². The highest BCUT2D eigenvalue weighted by Gasteiger charge is 2.16. The minimum atomic E-state index is 0. The first-order chi connectivity index (χ1) is 9.45. The van der Waals surface area contributed by atoms with E-state index < -0.39 is 0 Å². The Bertz CT molecular complexity index is 212. The van der Waals surface area contributed by atoms with Gasteiger partial charge in [-0.3, -0.25) is 0 Å². The van der Waals surface area contributed by atoms with E-state index in [0.717, 1.165) is 0 Å². The van der Waals surface area contributed by atoms with Crippen molar-refractivity contribution in [2.24, 2.45) is 0 Å². The number of nitrogens with zero attached hydrogens (tertiary/aromatic N) is 2. The second kappa shape index (κ2) is 16.5. The van der Waals surface area contributed by atoms with Gasteiger partial charge in [0.1, 0.15) is 0 Å². The van der Waals surface area contributed by atoms with Gasteiger partial charge in [-0.1, -0.05) is 0 Å². The first-order valence-corrected chi connectivity index (χ1v) is 10.6. The molecule has 0 aromatic carbocycles. The minimum absolute atomic E-state index is 0. The van der Waals surface area contributed by atoms with Crippen LogP contribution in [0.4, 0.5) is 0 Å². The maximum atomic E-state index is 2.38. The molecule has 0 fully saturated rings. The molecular weight excluding hydrogens is 538 g/mol. The van der Waals surface area contributed by atoms with Gasteiger partial charge in [-0.15, -0.1) is 0 Å². The summed E-state index contributed by atoms with van der Waals surface area (Å²) in [6.07, 6.45) is 0. The van der Waals surface area contributed by atoms with Crippen molar-refractivity contribution in [1.82, 2.24) is 0 Å². The van der Waals surface area contributed by atoms with Crippen molar-refractivity contribution in [3.05, 3.63) is 0 Å². The van der Waals surface area contributed by atoms with Crippen LogP contribution < -0.4 is 48.0 Å². The van der Waals surface area contributed by atoms with Crippen molar-refractivity contribution in [2.45, 2.75) is 27.7 Å². The number of hydrogen-bond acceptors (Lipinski definition) is 2. The molecule has 0 aliphatic carbocycles. The molecule has 0 unspecified atom stereocenters. The molecule has 0 atom stereocenters. The lowest BCUT2D eigenvalue weighted by Crippen LogP contribution is -3.00. The lowest BCUT2D eigenvalue weighted by Gasteiger charge is -2.32. The zero-order valence-corrected chi connectivity index (χ0v) is 21.5. The van der Waals surface area contributed by atoms with Crippen molar-refractivity contribution in [2.75, 3.05) is 76.4 Å². The van der Waals surface area contributed by atoms with E-state index in [1.165, 1.54) is 71.2 Å². The summed E-state index contributed by atoms with van der Waals surface area (Å²) in [7, 11) is 4.76. The highest BCUT2D eigenvalue weighted by atomic mass is 127. The maximum Gasteiger partial charge on any atom is 0.0876 e. The molecule has 138 valence electrons. The lowest BCUT2D eigenvalue weighted by molar-refractivity contribution is -0.903.